The molecule has 9 heteroatoms. The predicted octanol–water partition coefficient (Wildman–Crippen LogP) is 2.02. The molecule has 3 aromatic carbocycles. The Morgan fingerprint density at radius 3 is 2.55 bits per heavy atom. The second-order valence-electron chi connectivity index (χ2n) is 6.03. The number of hydrazone groups is 1. The molecule has 0 radical (unpaired) electrons. The average Bonchev–Trinajstić information content (AvgIpc) is 2.72. The standard InChI is InChI=1S/C20H19N3O5S/c1-27-19-10-14(6-9-18(19)28-13-20(21)24)12-22-23-29(25,26)17-8-7-15-4-2-3-5-16(15)11-17/h2-12,23H,13H2,1H3,(H2,21,24)/b22-12-. The van der Waals surface area contributed by atoms with Gasteiger partial charge in [-0.05, 0) is 46.7 Å². The molecule has 150 valence electrons. The number of carbonyl (C=O) groups excluding carboxylic acids is 1. The fourth-order valence-electron chi connectivity index (χ4n) is 2.59. The lowest BCUT2D eigenvalue weighted by Crippen LogP contribution is -2.20. The molecule has 0 atom stereocenters. The minimum Gasteiger partial charge on any atom is -0.493 e. The largest absolute Gasteiger partial charge is 0.493 e. The normalized spacial score (nSPS) is 11.5. The number of nitrogens with zero attached hydrogens (tertiary/aromatic N) is 1. The minimum absolute atomic E-state index is 0.112. The molecule has 29 heavy (non-hydrogen) atoms. The number of carbonyl (C=O) groups is 1. The van der Waals surface area contributed by atoms with Crippen molar-refractivity contribution >= 4 is 32.9 Å². The Labute approximate surface area is 168 Å². The van der Waals surface area contributed by atoms with Gasteiger partial charge < -0.3 is 15.2 Å². The Kier molecular flexibility index (Phi) is 5.99. The van der Waals surface area contributed by atoms with E-state index in [1.54, 1.807) is 30.3 Å². The number of benzene rings is 3. The Morgan fingerprint density at radius 2 is 1.83 bits per heavy atom. The van der Waals surface area contributed by atoms with E-state index >= 15 is 0 Å². The average molecular weight is 413 g/mol. The van der Waals surface area contributed by atoms with E-state index in [0.717, 1.165) is 10.8 Å². The molecule has 0 aliphatic heterocycles. The molecule has 0 spiro atoms. The van der Waals surface area contributed by atoms with Crippen LogP contribution in [0.4, 0.5) is 0 Å². The van der Waals surface area contributed by atoms with Crippen molar-refractivity contribution in [3.63, 3.8) is 0 Å². The van der Waals surface area contributed by atoms with Gasteiger partial charge in [-0.25, -0.2) is 4.83 Å². The predicted molar refractivity (Wildman–Crippen MR) is 110 cm³/mol. The third kappa shape index (κ3) is 5.02. The highest BCUT2D eigenvalue weighted by molar-refractivity contribution is 7.89. The van der Waals surface area contributed by atoms with Crippen LogP contribution >= 0.6 is 0 Å². The van der Waals surface area contributed by atoms with Gasteiger partial charge in [0.2, 0.25) is 0 Å². The fraction of sp³-hybridized carbons (Fsp3) is 0.100. The van der Waals surface area contributed by atoms with Crippen LogP contribution in [0.5, 0.6) is 11.5 Å². The van der Waals surface area contributed by atoms with Gasteiger partial charge in [-0.3, -0.25) is 4.79 Å². The molecule has 0 bridgehead atoms. The Morgan fingerprint density at radius 1 is 1.07 bits per heavy atom. The summed E-state index contributed by atoms with van der Waals surface area (Å²) in [6.07, 6.45) is 1.33. The number of nitrogens with one attached hydrogen (secondary N) is 1. The summed E-state index contributed by atoms with van der Waals surface area (Å²) in [4.78, 5) is 13.1. The third-order valence-electron chi connectivity index (χ3n) is 3.98. The first-order chi connectivity index (χ1) is 13.9. The first-order valence-electron chi connectivity index (χ1n) is 8.52. The maximum Gasteiger partial charge on any atom is 0.276 e. The molecule has 0 unspecified atom stereocenters. The number of fused-ring (bicyclic) bond motifs is 1. The topological polar surface area (TPSA) is 120 Å². The molecular formula is C20H19N3O5S. The second kappa shape index (κ2) is 8.61. The summed E-state index contributed by atoms with van der Waals surface area (Å²) in [7, 11) is -2.38. The van der Waals surface area contributed by atoms with Crippen LogP contribution in [0.3, 0.4) is 0 Å². The molecule has 0 heterocycles. The van der Waals surface area contributed by atoms with Crippen molar-refractivity contribution < 1.29 is 22.7 Å². The molecular weight excluding hydrogens is 394 g/mol. The number of amides is 1. The van der Waals surface area contributed by atoms with Gasteiger partial charge in [0.15, 0.2) is 18.1 Å². The molecule has 0 aliphatic carbocycles. The summed E-state index contributed by atoms with van der Waals surface area (Å²) in [5.74, 6) is 0.0774. The van der Waals surface area contributed by atoms with Crippen LogP contribution in [-0.4, -0.2) is 34.3 Å². The fourth-order valence-corrected chi connectivity index (χ4v) is 3.42. The monoisotopic (exact) mass is 413 g/mol. The van der Waals surface area contributed by atoms with E-state index in [1.807, 2.05) is 24.3 Å². The number of primary amides is 1. The molecule has 0 aromatic heterocycles. The lowest BCUT2D eigenvalue weighted by molar-refractivity contribution is -0.119. The molecule has 0 aliphatic rings. The van der Waals surface area contributed by atoms with Crippen molar-refractivity contribution in [2.24, 2.45) is 10.8 Å². The van der Waals surface area contributed by atoms with Gasteiger partial charge in [0.05, 0.1) is 18.2 Å². The van der Waals surface area contributed by atoms with E-state index in [1.165, 1.54) is 19.4 Å². The molecule has 1 amide bonds. The SMILES string of the molecule is COc1cc(/C=N\NS(=O)(=O)c2ccc3ccccc3c2)ccc1OCC(N)=O. The van der Waals surface area contributed by atoms with E-state index in [-0.39, 0.29) is 11.5 Å². The molecule has 0 saturated carbocycles. The molecule has 3 aromatic rings. The van der Waals surface area contributed by atoms with Crippen molar-refractivity contribution in [2.75, 3.05) is 13.7 Å². The van der Waals surface area contributed by atoms with Crippen molar-refractivity contribution in [1.29, 1.82) is 0 Å². The molecule has 0 fully saturated rings. The number of ether oxygens (including phenoxy) is 2. The minimum atomic E-state index is -3.82. The zero-order valence-corrected chi connectivity index (χ0v) is 16.3. The van der Waals surface area contributed by atoms with Crippen LogP contribution in [0.25, 0.3) is 10.8 Å². The third-order valence-corrected chi connectivity index (χ3v) is 5.20. The van der Waals surface area contributed by atoms with E-state index in [2.05, 4.69) is 9.93 Å². The highest BCUT2D eigenvalue weighted by Gasteiger charge is 2.13. The lowest BCUT2D eigenvalue weighted by Gasteiger charge is -2.10. The van der Waals surface area contributed by atoms with Crippen LogP contribution in [-0.2, 0) is 14.8 Å². The number of rotatable bonds is 8. The Bertz CT molecular complexity index is 1180. The summed E-state index contributed by atoms with van der Waals surface area (Å²) in [6.45, 7) is -0.282. The van der Waals surface area contributed by atoms with Crippen molar-refractivity contribution in [1.82, 2.24) is 4.83 Å². The summed E-state index contributed by atoms with van der Waals surface area (Å²) in [6, 6.07) is 17.1. The zero-order valence-electron chi connectivity index (χ0n) is 15.5. The maximum absolute atomic E-state index is 12.5. The number of nitrogens with two attached hydrogens (primary N) is 1. The second-order valence-corrected chi connectivity index (χ2v) is 7.69. The molecule has 8 nitrogen and oxygen atoms in total. The van der Waals surface area contributed by atoms with Gasteiger partial charge in [0, 0.05) is 0 Å². The van der Waals surface area contributed by atoms with Gasteiger partial charge in [-0.2, -0.15) is 13.5 Å². The van der Waals surface area contributed by atoms with Gasteiger partial charge >= 0.3 is 0 Å². The summed E-state index contributed by atoms with van der Waals surface area (Å²) >= 11 is 0. The highest BCUT2D eigenvalue weighted by Crippen LogP contribution is 2.27. The lowest BCUT2D eigenvalue weighted by atomic mass is 10.1. The molecule has 0 saturated heterocycles. The van der Waals surface area contributed by atoms with Crippen molar-refractivity contribution in [3.05, 3.63) is 66.2 Å². The van der Waals surface area contributed by atoms with Crippen LogP contribution in [0.1, 0.15) is 5.56 Å². The Hall–Kier alpha value is -3.59. The van der Waals surface area contributed by atoms with Crippen LogP contribution < -0.4 is 20.0 Å². The molecule has 3 N–H and O–H groups in total. The van der Waals surface area contributed by atoms with Gasteiger partial charge in [0.1, 0.15) is 0 Å². The van der Waals surface area contributed by atoms with E-state index in [0.29, 0.717) is 17.1 Å². The summed E-state index contributed by atoms with van der Waals surface area (Å²) in [5.41, 5.74) is 5.62. The van der Waals surface area contributed by atoms with Crippen LogP contribution in [0, 0.1) is 0 Å². The summed E-state index contributed by atoms with van der Waals surface area (Å²) in [5, 5.41) is 5.58. The number of methoxy groups -OCH3 is 1. The van der Waals surface area contributed by atoms with E-state index < -0.39 is 15.9 Å². The number of sulfonamides is 1. The van der Waals surface area contributed by atoms with Gasteiger partial charge in [-0.1, -0.05) is 30.3 Å². The maximum atomic E-state index is 12.5. The van der Waals surface area contributed by atoms with E-state index in [4.69, 9.17) is 15.2 Å². The number of hydrogen-bond acceptors (Lipinski definition) is 6. The quantitative estimate of drug-likeness (QED) is 0.432. The van der Waals surface area contributed by atoms with Crippen molar-refractivity contribution in [3.8, 4) is 11.5 Å². The highest BCUT2D eigenvalue weighted by atomic mass is 32.2. The number of hydrogen-bond donors (Lipinski definition) is 2. The van der Waals surface area contributed by atoms with Crippen LogP contribution in [0.15, 0.2) is 70.7 Å². The zero-order chi connectivity index (χ0) is 20.9. The smallest absolute Gasteiger partial charge is 0.276 e. The van der Waals surface area contributed by atoms with Gasteiger partial charge in [-0.15, -0.1) is 0 Å². The van der Waals surface area contributed by atoms with Crippen molar-refractivity contribution in [2.45, 2.75) is 4.90 Å². The van der Waals surface area contributed by atoms with Crippen LogP contribution in [0.2, 0.25) is 0 Å². The first-order valence-corrected chi connectivity index (χ1v) is 10.0. The Balaban J connectivity index is 1.74. The van der Waals surface area contributed by atoms with E-state index in [9.17, 15) is 13.2 Å². The summed E-state index contributed by atoms with van der Waals surface area (Å²) < 4.78 is 35.4. The first kappa shape index (κ1) is 20.2. The van der Waals surface area contributed by atoms with Gasteiger partial charge in [0.25, 0.3) is 15.9 Å². The molecule has 3 rings (SSSR count).